The molecule has 1 saturated carbocycles. The molecule has 0 aliphatic heterocycles. The van der Waals surface area contributed by atoms with Crippen molar-refractivity contribution in [3.8, 4) is 0 Å². The molecule has 1 heterocycles. The molecule has 1 aromatic carbocycles. The van der Waals surface area contributed by atoms with Gasteiger partial charge in [-0.25, -0.2) is 4.98 Å². The van der Waals surface area contributed by atoms with Crippen LogP contribution in [0.2, 0.25) is 0 Å². The van der Waals surface area contributed by atoms with Crippen LogP contribution >= 0.6 is 11.8 Å². The Morgan fingerprint density at radius 2 is 2.09 bits per heavy atom. The molecule has 1 N–H and O–H groups in total. The molecular weight excluding hydrogens is 312 g/mol. The number of hydrogen-bond donors (Lipinski definition) is 1. The normalized spacial score (nSPS) is 15.2. The van der Waals surface area contributed by atoms with Crippen LogP contribution in [-0.2, 0) is 9.53 Å². The van der Waals surface area contributed by atoms with Gasteiger partial charge < -0.3 is 10.1 Å². The molecule has 1 aliphatic rings. The van der Waals surface area contributed by atoms with Gasteiger partial charge in [-0.1, -0.05) is 30.0 Å². The Bertz CT molecular complexity index is 759. The second-order valence-electron chi connectivity index (χ2n) is 5.56. The fourth-order valence-corrected chi connectivity index (χ4v) is 3.18. The highest BCUT2D eigenvalue weighted by Crippen LogP contribution is 2.28. The average Bonchev–Trinajstić information content (AvgIpc) is 3.37. The predicted octanol–water partition coefficient (Wildman–Crippen LogP) is 2.78. The van der Waals surface area contributed by atoms with Gasteiger partial charge in [0.25, 0.3) is 5.91 Å². The van der Waals surface area contributed by atoms with Crippen molar-refractivity contribution < 1.29 is 14.3 Å². The molecule has 0 bridgehead atoms. The Morgan fingerprint density at radius 3 is 2.78 bits per heavy atom. The number of amides is 1. The Hall–Kier alpha value is -2.08. The second-order valence-corrected chi connectivity index (χ2v) is 6.92. The van der Waals surface area contributed by atoms with E-state index in [1.807, 2.05) is 24.3 Å². The third-order valence-electron chi connectivity index (χ3n) is 3.68. The number of benzene rings is 1. The number of nitrogens with one attached hydrogen (secondary N) is 1. The molecule has 1 fully saturated rings. The van der Waals surface area contributed by atoms with E-state index in [1.54, 1.807) is 13.0 Å². The van der Waals surface area contributed by atoms with Crippen LogP contribution in [0, 0.1) is 0 Å². The Kier molecular flexibility index (Phi) is 4.52. The Labute approximate surface area is 138 Å². The van der Waals surface area contributed by atoms with Crippen molar-refractivity contribution in [3.63, 3.8) is 0 Å². The zero-order valence-electron chi connectivity index (χ0n) is 13.0. The van der Waals surface area contributed by atoms with Crippen LogP contribution in [0.5, 0.6) is 0 Å². The summed E-state index contributed by atoms with van der Waals surface area (Å²) < 4.78 is 4.74. The van der Waals surface area contributed by atoms with Crippen molar-refractivity contribution >= 4 is 34.5 Å². The van der Waals surface area contributed by atoms with Gasteiger partial charge >= 0.3 is 5.97 Å². The van der Waals surface area contributed by atoms with Crippen LogP contribution in [0.1, 0.15) is 30.1 Å². The first-order valence-electron chi connectivity index (χ1n) is 7.53. The van der Waals surface area contributed by atoms with Gasteiger partial charge in [0.2, 0.25) is 0 Å². The van der Waals surface area contributed by atoms with Gasteiger partial charge in [0.15, 0.2) is 0 Å². The summed E-state index contributed by atoms with van der Waals surface area (Å²) in [6.45, 7) is 1.76. The molecule has 0 radical (unpaired) electrons. The summed E-state index contributed by atoms with van der Waals surface area (Å²) >= 11 is 1.29. The summed E-state index contributed by atoms with van der Waals surface area (Å²) in [6.07, 6.45) is 2.07. The zero-order chi connectivity index (χ0) is 16.4. The fourth-order valence-electron chi connectivity index (χ4n) is 2.29. The lowest BCUT2D eigenvalue weighted by molar-refractivity contribution is -0.139. The largest absolute Gasteiger partial charge is 0.468 e. The number of pyridine rings is 1. The highest BCUT2D eigenvalue weighted by atomic mass is 32.2. The van der Waals surface area contributed by atoms with E-state index in [1.165, 1.54) is 18.9 Å². The van der Waals surface area contributed by atoms with Crippen LogP contribution < -0.4 is 5.32 Å². The van der Waals surface area contributed by atoms with E-state index in [9.17, 15) is 9.59 Å². The lowest BCUT2D eigenvalue weighted by Crippen LogP contribution is -2.25. The van der Waals surface area contributed by atoms with Gasteiger partial charge in [-0.05, 0) is 31.9 Å². The molecule has 6 heteroatoms. The second kappa shape index (κ2) is 6.58. The smallest absolute Gasteiger partial charge is 0.318 e. The molecule has 0 spiro atoms. The fraction of sp³-hybridized carbons (Fsp3) is 0.353. The van der Waals surface area contributed by atoms with Crippen LogP contribution in [0.25, 0.3) is 10.9 Å². The molecule has 2 aromatic rings. The van der Waals surface area contributed by atoms with Crippen LogP contribution in [0.15, 0.2) is 35.4 Å². The highest BCUT2D eigenvalue weighted by molar-refractivity contribution is 8.00. The van der Waals surface area contributed by atoms with E-state index in [2.05, 4.69) is 10.3 Å². The van der Waals surface area contributed by atoms with Gasteiger partial charge in [-0.3, -0.25) is 9.59 Å². The molecule has 3 rings (SSSR count). The number of rotatable bonds is 5. The minimum Gasteiger partial charge on any atom is -0.468 e. The van der Waals surface area contributed by atoms with Crippen LogP contribution in [-0.4, -0.2) is 35.3 Å². The van der Waals surface area contributed by atoms with E-state index < -0.39 is 0 Å². The minimum absolute atomic E-state index is 0.0846. The first-order valence-corrected chi connectivity index (χ1v) is 8.41. The number of fused-ring (bicyclic) bond motifs is 1. The zero-order valence-corrected chi connectivity index (χ0v) is 13.9. The number of esters is 1. The SMILES string of the molecule is COC(=O)[C@@H](C)Sc1cc(C(=O)NC2CC2)c2ccccc2n1. The number of carbonyl (C=O) groups excluding carboxylic acids is 2. The minimum atomic E-state index is -0.381. The van der Waals surface area contributed by atoms with Gasteiger partial charge in [-0.15, -0.1) is 0 Å². The number of thioether (sulfide) groups is 1. The molecule has 120 valence electrons. The summed E-state index contributed by atoms with van der Waals surface area (Å²) in [7, 11) is 1.36. The molecule has 23 heavy (non-hydrogen) atoms. The van der Waals surface area contributed by atoms with Gasteiger partial charge in [0, 0.05) is 11.4 Å². The first-order chi connectivity index (χ1) is 11.1. The van der Waals surface area contributed by atoms with Crippen molar-refractivity contribution in [1.29, 1.82) is 0 Å². The third-order valence-corrected chi connectivity index (χ3v) is 4.68. The summed E-state index contributed by atoms with van der Waals surface area (Å²) in [6, 6.07) is 9.58. The summed E-state index contributed by atoms with van der Waals surface area (Å²) in [5.74, 6) is -0.396. The standard InChI is InChI=1S/C17H18N2O3S/c1-10(17(21)22-2)23-15-9-13(16(20)18-11-7-8-11)12-5-3-4-6-14(12)19-15/h3-6,9-11H,7-8H2,1-2H3,(H,18,20)/t10-/m1/s1. The molecule has 0 saturated heterocycles. The quantitative estimate of drug-likeness (QED) is 0.674. The highest BCUT2D eigenvalue weighted by Gasteiger charge is 2.25. The number of nitrogens with zero attached hydrogens (tertiary/aromatic N) is 1. The monoisotopic (exact) mass is 330 g/mol. The maximum Gasteiger partial charge on any atom is 0.318 e. The Morgan fingerprint density at radius 1 is 1.35 bits per heavy atom. The van der Waals surface area contributed by atoms with Gasteiger partial charge in [0.1, 0.15) is 5.25 Å². The molecule has 1 amide bonds. The lowest BCUT2D eigenvalue weighted by Gasteiger charge is -2.12. The molecule has 0 unspecified atom stereocenters. The van der Waals surface area contributed by atoms with Crippen LogP contribution in [0.4, 0.5) is 0 Å². The number of ether oxygens (including phenoxy) is 1. The van der Waals surface area contributed by atoms with Crippen molar-refractivity contribution in [1.82, 2.24) is 10.3 Å². The van der Waals surface area contributed by atoms with Crippen molar-refractivity contribution in [2.75, 3.05) is 7.11 Å². The molecular formula is C17H18N2O3S. The van der Waals surface area contributed by atoms with Crippen molar-refractivity contribution in [2.24, 2.45) is 0 Å². The number of carbonyl (C=O) groups is 2. The van der Waals surface area contributed by atoms with E-state index in [0.29, 0.717) is 16.6 Å². The van der Waals surface area contributed by atoms with Gasteiger partial charge in [0.05, 0.1) is 23.2 Å². The molecule has 1 aliphatic carbocycles. The summed E-state index contributed by atoms with van der Waals surface area (Å²) in [5, 5.41) is 4.09. The van der Waals surface area contributed by atoms with Crippen molar-refractivity contribution in [3.05, 3.63) is 35.9 Å². The predicted molar refractivity (Wildman–Crippen MR) is 89.6 cm³/mol. The molecule has 1 atom stereocenters. The van der Waals surface area contributed by atoms with E-state index >= 15 is 0 Å². The number of aromatic nitrogens is 1. The van der Waals surface area contributed by atoms with Crippen molar-refractivity contribution in [2.45, 2.75) is 36.1 Å². The van der Waals surface area contributed by atoms with E-state index in [4.69, 9.17) is 4.74 Å². The third kappa shape index (κ3) is 3.64. The average molecular weight is 330 g/mol. The van der Waals surface area contributed by atoms with Gasteiger partial charge in [-0.2, -0.15) is 0 Å². The lowest BCUT2D eigenvalue weighted by atomic mass is 10.1. The maximum atomic E-state index is 12.5. The number of methoxy groups -OCH3 is 1. The first kappa shape index (κ1) is 15.8. The number of hydrogen-bond acceptors (Lipinski definition) is 5. The topological polar surface area (TPSA) is 68.3 Å². The summed E-state index contributed by atoms with van der Waals surface area (Å²) in [5.41, 5.74) is 1.34. The van der Waals surface area contributed by atoms with E-state index in [0.717, 1.165) is 23.7 Å². The molecule has 1 aromatic heterocycles. The van der Waals surface area contributed by atoms with E-state index in [-0.39, 0.29) is 17.1 Å². The molecule has 5 nitrogen and oxygen atoms in total. The summed E-state index contributed by atoms with van der Waals surface area (Å²) in [4.78, 5) is 28.6. The number of para-hydroxylation sites is 1. The van der Waals surface area contributed by atoms with Crippen LogP contribution in [0.3, 0.4) is 0 Å². The maximum absolute atomic E-state index is 12.5. The Balaban J connectivity index is 1.95.